The van der Waals surface area contributed by atoms with E-state index in [4.69, 9.17) is 9.47 Å². The largest absolute Gasteiger partial charge is 0.497 e. The summed E-state index contributed by atoms with van der Waals surface area (Å²) in [6, 6.07) is 12.1. The van der Waals surface area contributed by atoms with E-state index < -0.39 is 18.9 Å². The minimum atomic E-state index is -4.42. The fourth-order valence-electron chi connectivity index (χ4n) is 2.75. The molecule has 1 unspecified atom stereocenters. The molecule has 0 saturated carbocycles. The Morgan fingerprint density at radius 3 is 2.56 bits per heavy atom. The number of nitrogens with one attached hydrogen (secondary N) is 2. The molecule has 0 aromatic heterocycles. The van der Waals surface area contributed by atoms with Crippen LogP contribution < -0.4 is 20.1 Å². The van der Waals surface area contributed by atoms with Crippen LogP contribution in [-0.4, -0.2) is 44.0 Å². The summed E-state index contributed by atoms with van der Waals surface area (Å²) in [5, 5.41) is 16.5. The predicted octanol–water partition coefficient (Wildman–Crippen LogP) is 4.35. The third-order valence-electron chi connectivity index (χ3n) is 4.31. The van der Waals surface area contributed by atoms with Gasteiger partial charge in [-0.3, -0.25) is 0 Å². The van der Waals surface area contributed by atoms with Crippen LogP contribution in [0.5, 0.6) is 11.5 Å². The summed E-state index contributed by atoms with van der Waals surface area (Å²) in [5.41, 5.74) is 2.00. The maximum Gasteiger partial charge on any atom is 0.422 e. The number of nitrogens with zero attached hydrogens (tertiary/aromatic N) is 1. The second-order valence-corrected chi connectivity index (χ2v) is 6.88. The van der Waals surface area contributed by atoms with Crippen LogP contribution in [0.1, 0.15) is 29.7 Å². The molecule has 0 spiro atoms. The number of alkyl halides is 3. The highest BCUT2D eigenvalue weighted by atomic mass is 127. The highest BCUT2D eigenvalue weighted by Gasteiger charge is 2.28. The lowest BCUT2D eigenvalue weighted by molar-refractivity contribution is -0.153. The number of rotatable bonds is 9. The fraction of sp³-hybridized carbons (Fsp3) is 0.409. The lowest BCUT2D eigenvalue weighted by Gasteiger charge is -2.17. The molecule has 2 rings (SSSR count). The van der Waals surface area contributed by atoms with Crippen molar-refractivity contribution in [2.75, 3.05) is 26.8 Å². The van der Waals surface area contributed by atoms with E-state index in [-0.39, 0.29) is 42.8 Å². The molecule has 2 aromatic carbocycles. The molecule has 10 heteroatoms. The highest BCUT2D eigenvalue weighted by molar-refractivity contribution is 14.0. The van der Waals surface area contributed by atoms with Gasteiger partial charge in [-0.05, 0) is 43.2 Å². The molecule has 3 N–H and O–H groups in total. The number of benzene rings is 2. The summed E-state index contributed by atoms with van der Waals surface area (Å²) in [4.78, 5) is 4.42. The van der Waals surface area contributed by atoms with Crippen molar-refractivity contribution in [2.24, 2.45) is 4.99 Å². The third-order valence-corrected chi connectivity index (χ3v) is 4.31. The SMILES string of the molecule is CCNC(=NCc1ccc(C)cc1OCC(F)(F)F)NCC(O)c1cccc(OC)c1.I. The molecule has 0 aliphatic carbocycles. The number of hydrogen-bond donors (Lipinski definition) is 3. The average molecular weight is 567 g/mol. The zero-order valence-corrected chi connectivity index (χ0v) is 20.5. The van der Waals surface area contributed by atoms with Gasteiger partial charge in [-0.25, -0.2) is 4.99 Å². The van der Waals surface area contributed by atoms with Crippen molar-refractivity contribution < 1.29 is 27.8 Å². The number of aryl methyl sites for hydroxylation is 1. The first kappa shape index (κ1) is 27.8. The van der Waals surface area contributed by atoms with E-state index in [9.17, 15) is 18.3 Å². The minimum Gasteiger partial charge on any atom is -0.497 e. The monoisotopic (exact) mass is 567 g/mol. The summed E-state index contributed by atoms with van der Waals surface area (Å²) in [5.74, 6) is 1.21. The first-order chi connectivity index (χ1) is 14.7. The maximum absolute atomic E-state index is 12.5. The first-order valence-corrected chi connectivity index (χ1v) is 9.85. The van der Waals surface area contributed by atoms with Gasteiger partial charge in [0.25, 0.3) is 0 Å². The topological polar surface area (TPSA) is 75.1 Å². The molecule has 0 amide bonds. The molecule has 6 nitrogen and oxygen atoms in total. The molecular weight excluding hydrogens is 538 g/mol. The van der Waals surface area contributed by atoms with Crippen LogP contribution in [0, 0.1) is 6.92 Å². The maximum atomic E-state index is 12.5. The van der Waals surface area contributed by atoms with Crippen molar-refractivity contribution in [3.63, 3.8) is 0 Å². The number of methoxy groups -OCH3 is 1. The predicted molar refractivity (Wildman–Crippen MR) is 129 cm³/mol. The van der Waals surface area contributed by atoms with E-state index in [1.165, 1.54) is 0 Å². The second-order valence-electron chi connectivity index (χ2n) is 6.88. The summed E-state index contributed by atoms with van der Waals surface area (Å²) >= 11 is 0. The summed E-state index contributed by atoms with van der Waals surface area (Å²) in [7, 11) is 1.55. The van der Waals surface area contributed by atoms with Gasteiger partial charge in [0.2, 0.25) is 0 Å². The molecule has 0 radical (unpaired) electrons. The molecule has 0 bridgehead atoms. The highest BCUT2D eigenvalue weighted by Crippen LogP contribution is 2.24. The van der Waals surface area contributed by atoms with Crippen LogP contribution in [0.15, 0.2) is 47.5 Å². The molecule has 0 heterocycles. The van der Waals surface area contributed by atoms with Crippen molar-refractivity contribution in [1.29, 1.82) is 0 Å². The number of guanidine groups is 1. The van der Waals surface area contributed by atoms with Crippen LogP contribution >= 0.6 is 24.0 Å². The van der Waals surface area contributed by atoms with Crippen molar-refractivity contribution in [2.45, 2.75) is 32.7 Å². The minimum absolute atomic E-state index is 0. The number of aliphatic hydroxyl groups is 1. The zero-order valence-electron chi connectivity index (χ0n) is 18.2. The molecule has 1 atom stereocenters. The molecule has 0 saturated heterocycles. The number of aliphatic hydroxyl groups excluding tert-OH is 1. The van der Waals surface area contributed by atoms with E-state index in [1.54, 1.807) is 56.5 Å². The second kappa shape index (κ2) is 13.4. The van der Waals surface area contributed by atoms with Crippen molar-refractivity contribution in [3.05, 3.63) is 59.2 Å². The third kappa shape index (κ3) is 9.51. The Morgan fingerprint density at radius 2 is 1.91 bits per heavy atom. The molecule has 0 aliphatic rings. The Morgan fingerprint density at radius 1 is 1.16 bits per heavy atom. The van der Waals surface area contributed by atoms with Gasteiger partial charge in [0.1, 0.15) is 11.5 Å². The van der Waals surface area contributed by atoms with Gasteiger partial charge in [0, 0.05) is 18.7 Å². The first-order valence-electron chi connectivity index (χ1n) is 9.85. The lowest BCUT2D eigenvalue weighted by atomic mass is 10.1. The van der Waals surface area contributed by atoms with Gasteiger partial charge < -0.3 is 25.2 Å². The summed E-state index contributed by atoms with van der Waals surface area (Å²) < 4.78 is 47.8. The van der Waals surface area contributed by atoms with E-state index in [1.807, 2.05) is 6.92 Å². The van der Waals surface area contributed by atoms with Crippen LogP contribution in [-0.2, 0) is 6.54 Å². The number of halogens is 4. The van der Waals surface area contributed by atoms with Gasteiger partial charge in [-0.1, -0.05) is 24.3 Å². The zero-order chi connectivity index (χ0) is 22.9. The summed E-state index contributed by atoms with van der Waals surface area (Å²) in [6.07, 6.45) is -5.22. The standard InChI is InChI=1S/C22H28F3N3O3.HI/c1-4-26-21(28-13-19(29)16-6-5-7-18(11-16)30-3)27-12-17-9-8-15(2)10-20(17)31-14-22(23,24)25;/h5-11,19,29H,4,12-14H2,1-3H3,(H2,26,27,28);1H. The molecule has 0 fully saturated rings. The Labute approximate surface area is 203 Å². The number of aliphatic imine (C=N–C) groups is 1. The van der Waals surface area contributed by atoms with Crippen LogP contribution in [0.3, 0.4) is 0 Å². The lowest BCUT2D eigenvalue weighted by Crippen LogP contribution is -2.39. The van der Waals surface area contributed by atoms with E-state index in [0.29, 0.717) is 29.4 Å². The van der Waals surface area contributed by atoms with E-state index >= 15 is 0 Å². The number of ether oxygens (including phenoxy) is 2. The Balaban J connectivity index is 0.00000512. The van der Waals surface area contributed by atoms with Gasteiger partial charge in [-0.15, -0.1) is 24.0 Å². The van der Waals surface area contributed by atoms with Gasteiger partial charge in [-0.2, -0.15) is 13.2 Å². The fourth-order valence-corrected chi connectivity index (χ4v) is 2.75. The van der Waals surface area contributed by atoms with E-state index in [0.717, 1.165) is 5.56 Å². The molecule has 32 heavy (non-hydrogen) atoms. The van der Waals surface area contributed by atoms with Crippen LogP contribution in [0.2, 0.25) is 0 Å². The van der Waals surface area contributed by atoms with Gasteiger partial charge in [0.05, 0.1) is 19.8 Å². The normalized spacial score (nSPS) is 12.5. The summed E-state index contributed by atoms with van der Waals surface area (Å²) in [6.45, 7) is 3.17. The van der Waals surface area contributed by atoms with E-state index in [2.05, 4.69) is 15.6 Å². The number of hydrogen-bond acceptors (Lipinski definition) is 4. The average Bonchev–Trinajstić information content (AvgIpc) is 2.74. The molecule has 178 valence electrons. The Bertz CT molecular complexity index is 879. The Kier molecular flexibility index (Phi) is 11.6. The quantitative estimate of drug-likeness (QED) is 0.239. The molecular formula is C22H29F3IN3O3. The van der Waals surface area contributed by atoms with Gasteiger partial charge in [0.15, 0.2) is 12.6 Å². The van der Waals surface area contributed by atoms with Gasteiger partial charge >= 0.3 is 6.18 Å². The van der Waals surface area contributed by atoms with Crippen LogP contribution in [0.25, 0.3) is 0 Å². The van der Waals surface area contributed by atoms with Crippen molar-refractivity contribution in [1.82, 2.24) is 10.6 Å². The van der Waals surface area contributed by atoms with Crippen LogP contribution in [0.4, 0.5) is 13.2 Å². The van der Waals surface area contributed by atoms with Crippen molar-refractivity contribution in [3.8, 4) is 11.5 Å². The molecule has 2 aromatic rings. The Hall–Kier alpha value is -2.21. The molecule has 0 aliphatic heterocycles. The van der Waals surface area contributed by atoms with Crippen molar-refractivity contribution >= 4 is 29.9 Å². The smallest absolute Gasteiger partial charge is 0.422 e.